The van der Waals surface area contributed by atoms with Crippen LogP contribution in [0.15, 0.2) is 0 Å². The summed E-state index contributed by atoms with van der Waals surface area (Å²) in [6, 6.07) is 0. The van der Waals surface area contributed by atoms with Gasteiger partial charge in [-0.2, -0.15) is 0 Å². The maximum absolute atomic E-state index is 7.71. The van der Waals surface area contributed by atoms with E-state index in [2.05, 4.69) is 5.92 Å². The molecule has 1 N–H and O–H groups in total. The molecule has 1 radical (unpaired) electrons. The summed E-state index contributed by atoms with van der Waals surface area (Å²) in [7, 11) is 0. The van der Waals surface area contributed by atoms with E-state index in [1.165, 1.54) is 0 Å². The van der Waals surface area contributed by atoms with Crippen LogP contribution >= 0.6 is 0 Å². The van der Waals surface area contributed by atoms with Gasteiger partial charge < -0.3 is 5.11 Å². The van der Waals surface area contributed by atoms with Gasteiger partial charge in [-0.25, -0.2) is 0 Å². The molecule has 0 aromatic rings. The Bertz CT molecular complexity index is 59.7. The van der Waals surface area contributed by atoms with Gasteiger partial charge in [0.25, 0.3) is 0 Å². The van der Waals surface area contributed by atoms with Crippen molar-refractivity contribution in [3.63, 3.8) is 0 Å². The second-order valence-electron chi connectivity index (χ2n) is 0.642. The summed E-state index contributed by atoms with van der Waals surface area (Å²) in [5.74, 6) is 2.42. The molecular formula is C4H6NaO. The molecule has 1 nitrogen and oxygen atoms in total. The molecule has 0 aliphatic rings. The molecule has 0 aliphatic heterocycles. The van der Waals surface area contributed by atoms with Crippen LogP contribution in [-0.4, -0.2) is 34.7 Å². The first-order chi connectivity index (χ1) is 2.41. The van der Waals surface area contributed by atoms with Crippen LogP contribution in [0.4, 0.5) is 0 Å². The monoisotopic (exact) mass is 93.0 g/mol. The maximum Gasteiger partial charge on any atom is 0.107 e. The van der Waals surface area contributed by atoms with Crippen molar-refractivity contribution in [3.8, 4) is 12.0 Å². The van der Waals surface area contributed by atoms with Crippen LogP contribution in [0.2, 0.25) is 0 Å². The van der Waals surface area contributed by atoms with Crippen LogP contribution in [0.1, 0.15) is 13.3 Å². The van der Waals surface area contributed by atoms with Gasteiger partial charge in [0, 0.05) is 36.0 Å². The molecule has 0 aromatic carbocycles. The summed E-state index contributed by atoms with van der Waals surface area (Å²) < 4.78 is 0. The minimum atomic E-state index is 0. The molecule has 0 saturated heterocycles. The van der Waals surface area contributed by atoms with Crippen molar-refractivity contribution >= 4 is 29.6 Å². The van der Waals surface area contributed by atoms with Crippen LogP contribution in [-0.2, 0) is 0 Å². The van der Waals surface area contributed by atoms with Gasteiger partial charge in [-0.15, -0.1) is 0 Å². The Morgan fingerprint density at radius 1 is 1.67 bits per heavy atom. The molecule has 6 heavy (non-hydrogen) atoms. The summed E-state index contributed by atoms with van der Waals surface area (Å²) in [6.07, 6.45) is 2.50. The van der Waals surface area contributed by atoms with Crippen LogP contribution in [0.25, 0.3) is 0 Å². The molecule has 0 saturated carbocycles. The Kier molecular flexibility index (Phi) is 14.5. The third-order valence-corrected chi connectivity index (χ3v) is 0.256. The standard InChI is InChI=1S/C4H6O.Na/c1-2-3-4-5;/h5H,2H2,1H3;. The summed E-state index contributed by atoms with van der Waals surface area (Å²) in [5.41, 5.74) is 0. The number of aliphatic hydroxyl groups is 1. The van der Waals surface area contributed by atoms with Gasteiger partial charge in [0.1, 0.15) is 6.11 Å². The van der Waals surface area contributed by atoms with Crippen LogP contribution in [0.3, 0.4) is 0 Å². The summed E-state index contributed by atoms with van der Waals surface area (Å²) in [6.45, 7) is 1.88. The second kappa shape index (κ2) is 9.03. The number of hydrogen-bond donors (Lipinski definition) is 1. The number of aliphatic hydroxyl groups excluding tert-OH is 1. The molecule has 0 aliphatic carbocycles. The van der Waals surface area contributed by atoms with Crippen molar-refractivity contribution < 1.29 is 5.11 Å². The minimum absolute atomic E-state index is 0. The molecule has 0 rings (SSSR count). The number of rotatable bonds is 0. The van der Waals surface area contributed by atoms with E-state index in [9.17, 15) is 0 Å². The van der Waals surface area contributed by atoms with E-state index in [0.717, 1.165) is 6.42 Å². The van der Waals surface area contributed by atoms with Crippen molar-refractivity contribution in [1.29, 1.82) is 0 Å². The van der Waals surface area contributed by atoms with Gasteiger partial charge in [0.15, 0.2) is 0 Å². The molecule has 0 aromatic heterocycles. The maximum atomic E-state index is 7.71. The van der Waals surface area contributed by atoms with Crippen LogP contribution in [0, 0.1) is 12.0 Å². The normalized spacial score (nSPS) is 4.17. The summed E-state index contributed by atoms with van der Waals surface area (Å²) in [4.78, 5) is 0. The molecule has 0 fully saturated rings. The Morgan fingerprint density at radius 2 is 2.17 bits per heavy atom. The van der Waals surface area contributed by atoms with Crippen molar-refractivity contribution in [2.75, 3.05) is 0 Å². The van der Waals surface area contributed by atoms with Crippen molar-refractivity contribution in [1.82, 2.24) is 0 Å². The fourth-order valence-corrected chi connectivity index (χ4v) is 0.0791. The Hall–Kier alpha value is 0.360. The number of hydrogen-bond acceptors (Lipinski definition) is 1. The van der Waals surface area contributed by atoms with Crippen LogP contribution < -0.4 is 0 Å². The Balaban J connectivity index is 0. The average Bonchev–Trinajstić information content (AvgIpc) is 1.41. The van der Waals surface area contributed by atoms with Crippen LogP contribution in [0.5, 0.6) is 0 Å². The first-order valence-electron chi connectivity index (χ1n) is 1.53. The SMILES string of the molecule is CCC#CO.[Na]. The Labute approximate surface area is 60.0 Å². The molecule has 2 heteroatoms. The largest absolute Gasteiger partial charge is 0.462 e. The zero-order valence-electron chi connectivity index (χ0n) is 4.15. The smallest absolute Gasteiger partial charge is 0.107 e. The van der Waals surface area contributed by atoms with E-state index in [0.29, 0.717) is 0 Å². The van der Waals surface area contributed by atoms with E-state index in [-0.39, 0.29) is 29.6 Å². The van der Waals surface area contributed by atoms with Crippen molar-refractivity contribution in [3.05, 3.63) is 0 Å². The molecule has 0 amide bonds. The van der Waals surface area contributed by atoms with E-state index >= 15 is 0 Å². The Morgan fingerprint density at radius 3 is 2.17 bits per heavy atom. The van der Waals surface area contributed by atoms with E-state index in [1.54, 1.807) is 6.11 Å². The van der Waals surface area contributed by atoms with Gasteiger partial charge >= 0.3 is 0 Å². The predicted octanol–water partition coefficient (Wildman–Crippen LogP) is 0.349. The third kappa shape index (κ3) is 8.84. The van der Waals surface area contributed by atoms with Gasteiger partial charge in [0.2, 0.25) is 0 Å². The summed E-state index contributed by atoms with van der Waals surface area (Å²) >= 11 is 0. The second-order valence-corrected chi connectivity index (χ2v) is 0.642. The first-order valence-corrected chi connectivity index (χ1v) is 1.53. The minimum Gasteiger partial charge on any atom is -0.462 e. The summed E-state index contributed by atoms with van der Waals surface area (Å²) in [5, 5.41) is 7.71. The average molecular weight is 93.1 g/mol. The van der Waals surface area contributed by atoms with E-state index in [4.69, 9.17) is 5.11 Å². The molecule has 0 spiro atoms. The van der Waals surface area contributed by atoms with E-state index in [1.807, 2.05) is 6.92 Å². The zero-order chi connectivity index (χ0) is 4.12. The molecule has 0 bridgehead atoms. The fourth-order valence-electron chi connectivity index (χ4n) is 0.0791. The zero-order valence-corrected chi connectivity index (χ0v) is 6.15. The van der Waals surface area contributed by atoms with Gasteiger partial charge in [-0.1, -0.05) is 12.8 Å². The van der Waals surface area contributed by atoms with E-state index < -0.39 is 0 Å². The molecule has 29 valence electrons. The molecule has 0 heterocycles. The van der Waals surface area contributed by atoms with Gasteiger partial charge in [-0.3, -0.25) is 0 Å². The third-order valence-electron chi connectivity index (χ3n) is 0.256. The first kappa shape index (κ1) is 9.61. The van der Waals surface area contributed by atoms with Crippen molar-refractivity contribution in [2.45, 2.75) is 13.3 Å². The predicted molar refractivity (Wildman–Crippen MR) is 25.8 cm³/mol. The topological polar surface area (TPSA) is 20.2 Å². The van der Waals surface area contributed by atoms with Crippen molar-refractivity contribution in [2.24, 2.45) is 0 Å². The molecule has 0 atom stereocenters. The fraction of sp³-hybridized carbons (Fsp3) is 0.500. The van der Waals surface area contributed by atoms with Gasteiger partial charge in [-0.05, 0) is 0 Å². The quantitative estimate of drug-likeness (QED) is 0.338. The molecular weight excluding hydrogens is 87.0 g/mol. The molecule has 0 unspecified atom stereocenters. The van der Waals surface area contributed by atoms with Gasteiger partial charge in [0.05, 0.1) is 0 Å².